The van der Waals surface area contributed by atoms with Crippen LogP contribution in [0, 0.1) is 0 Å². The number of hydrogen-bond donors (Lipinski definition) is 2. The number of ketones is 2. The predicted octanol–water partition coefficient (Wildman–Crippen LogP) is 21.6. The van der Waals surface area contributed by atoms with E-state index in [1.165, 1.54) is 268 Å². The van der Waals surface area contributed by atoms with Crippen LogP contribution in [0.1, 0.15) is 303 Å². The topological polar surface area (TPSA) is 93.1 Å². The molecule has 0 fully saturated rings. The number of benzene rings is 4. The fraction of sp³-hybridized carbons (Fsp3) is 0.629. The van der Waals surface area contributed by atoms with E-state index in [0.29, 0.717) is 22.3 Å². The van der Waals surface area contributed by atoms with Gasteiger partial charge in [-0.3, -0.25) is 9.59 Å². The zero-order chi connectivity index (χ0) is 54.2. The quantitative estimate of drug-likeness (QED) is 0.0338. The van der Waals surface area contributed by atoms with E-state index in [-0.39, 0.29) is 23.1 Å². The molecule has 4 aromatic rings. The molecule has 0 aromatic heterocycles. The molecular weight excluding hydrogens is 937 g/mol. The molecule has 0 bridgehead atoms. The van der Waals surface area contributed by atoms with E-state index in [1.54, 1.807) is 24.3 Å². The minimum atomic E-state index is -0.139. The van der Waals surface area contributed by atoms with Crippen molar-refractivity contribution in [2.45, 2.75) is 271 Å². The van der Waals surface area contributed by atoms with Crippen molar-refractivity contribution in [3.05, 3.63) is 119 Å². The lowest BCUT2D eigenvalue weighted by Gasteiger charge is -2.09. The Bertz CT molecular complexity index is 1800. The molecule has 0 saturated carbocycles. The third-order valence-corrected chi connectivity index (χ3v) is 15.0. The second kappa shape index (κ2) is 46.5. The highest BCUT2D eigenvalue weighted by atomic mass is 16.5. The van der Waals surface area contributed by atoms with Gasteiger partial charge in [0, 0.05) is 22.3 Å². The highest BCUT2D eigenvalue weighted by Gasteiger charge is 2.11. The lowest BCUT2D eigenvalue weighted by Crippen LogP contribution is -2.03. The Morgan fingerprint density at radius 3 is 0.632 bits per heavy atom. The Hall–Kier alpha value is -4.58. The van der Waals surface area contributed by atoms with Crippen molar-refractivity contribution in [1.29, 1.82) is 0 Å². The molecule has 0 aliphatic rings. The van der Waals surface area contributed by atoms with E-state index >= 15 is 0 Å². The van der Waals surface area contributed by atoms with Crippen LogP contribution in [0.2, 0.25) is 0 Å². The van der Waals surface area contributed by atoms with Gasteiger partial charge in [0.15, 0.2) is 11.6 Å². The summed E-state index contributed by atoms with van der Waals surface area (Å²) in [4.78, 5) is 25.0. The summed E-state index contributed by atoms with van der Waals surface area (Å²) in [6.07, 6.45) is 55.8. The first-order valence-corrected chi connectivity index (χ1v) is 31.5. The largest absolute Gasteiger partial charge is 0.508 e. The molecule has 6 heteroatoms. The van der Waals surface area contributed by atoms with E-state index in [2.05, 4.69) is 13.8 Å². The highest BCUT2D eigenvalue weighted by Crippen LogP contribution is 2.22. The zero-order valence-corrected chi connectivity index (χ0v) is 48.5. The van der Waals surface area contributed by atoms with Crippen LogP contribution in [0.25, 0.3) is 0 Å². The molecule has 0 saturated heterocycles. The molecule has 424 valence electrons. The van der Waals surface area contributed by atoms with Gasteiger partial charge in [-0.1, -0.05) is 258 Å². The van der Waals surface area contributed by atoms with Crippen LogP contribution in [0.4, 0.5) is 0 Å². The smallest absolute Gasteiger partial charge is 0.193 e. The fourth-order valence-corrected chi connectivity index (χ4v) is 10.1. The first kappa shape index (κ1) is 65.7. The minimum Gasteiger partial charge on any atom is -0.508 e. The summed E-state index contributed by atoms with van der Waals surface area (Å²) in [5, 5.41) is 18.2. The summed E-state index contributed by atoms with van der Waals surface area (Å²) in [6.45, 7) is 6.08. The maximum atomic E-state index is 13.1. The number of aromatic hydroxyl groups is 2. The van der Waals surface area contributed by atoms with Crippen LogP contribution in [-0.4, -0.2) is 35.0 Å². The summed E-state index contributed by atoms with van der Waals surface area (Å²) in [5.41, 5.74) is 2.39. The maximum Gasteiger partial charge on any atom is 0.193 e. The first-order chi connectivity index (χ1) is 37.4. The Morgan fingerprint density at radius 1 is 0.263 bits per heavy atom. The number of phenolic OH excluding ortho intramolecular Hbond substituents is 2. The molecule has 0 radical (unpaired) electrons. The van der Waals surface area contributed by atoms with Crippen LogP contribution in [0.5, 0.6) is 23.0 Å². The van der Waals surface area contributed by atoms with Gasteiger partial charge < -0.3 is 19.7 Å². The van der Waals surface area contributed by atoms with Crippen LogP contribution in [0.3, 0.4) is 0 Å². The van der Waals surface area contributed by atoms with Crippen molar-refractivity contribution in [3.8, 4) is 23.0 Å². The van der Waals surface area contributed by atoms with Gasteiger partial charge in [0.1, 0.15) is 23.0 Å². The van der Waals surface area contributed by atoms with Gasteiger partial charge in [-0.05, 0) is 110 Å². The lowest BCUT2D eigenvalue weighted by atomic mass is 10.0. The predicted molar refractivity (Wildman–Crippen MR) is 323 cm³/mol. The molecule has 0 aliphatic carbocycles. The van der Waals surface area contributed by atoms with E-state index in [4.69, 9.17) is 19.7 Å². The van der Waals surface area contributed by atoms with Crippen LogP contribution in [-0.2, 0) is 0 Å². The zero-order valence-electron chi connectivity index (χ0n) is 48.5. The molecule has 0 unspecified atom stereocenters. The molecule has 6 nitrogen and oxygen atoms in total. The summed E-state index contributed by atoms with van der Waals surface area (Å²) >= 11 is 0. The summed E-state index contributed by atoms with van der Waals surface area (Å²) in [7, 11) is 0. The molecule has 2 N–H and O–H groups in total. The number of unbranched alkanes of at least 4 members (excludes halogenated alkanes) is 38. The van der Waals surface area contributed by atoms with Gasteiger partial charge in [0.2, 0.25) is 0 Å². The average molecular weight is 1050 g/mol. The van der Waals surface area contributed by atoms with Crippen molar-refractivity contribution in [2.75, 3.05) is 13.2 Å². The fourth-order valence-electron chi connectivity index (χ4n) is 10.1. The third kappa shape index (κ3) is 34.2. The first-order valence-electron chi connectivity index (χ1n) is 31.5. The number of rotatable bonds is 48. The molecule has 0 heterocycles. The van der Waals surface area contributed by atoms with Gasteiger partial charge >= 0.3 is 0 Å². The van der Waals surface area contributed by atoms with Crippen molar-refractivity contribution < 1.29 is 29.3 Å². The third-order valence-electron chi connectivity index (χ3n) is 15.0. The molecular formula is C70H108O6. The second-order valence-electron chi connectivity index (χ2n) is 21.9. The standard InChI is InChI=1S/C57H98O3.C13H10O3/c1-3-5-7-9-11-13-15-17-19-21-23-25-27-29-31-33-35-37-39-41-51-59-55-47-43-53(44-48-55)57(58)54-45-49-56(50-46-54)60-52-42-40-38-36-34-32-30-28-26-24-22-20-18-16-14-12-10-8-6-4-2;14-11-5-1-9(2-6-11)13(16)10-3-7-12(15)8-4-10/h43-50H,3-42,51-52H2,1-2H3;1-8,14-15H. The Morgan fingerprint density at radius 2 is 0.434 bits per heavy atom. The van der Waals surface area contributed by atoms with E-state index in [9.17, 15) is 9.59 Å². The normalized spacial score (nSPS) is 11.1. The van der Waals surface area contributed by atoms with Crippen molar-refractivity contribution >= 4 is 11.6 Å². The SMILES string of the molecule is CCCCCCCCCCCCCCCCCCCCCCOc1ccc(C(=O)c2ccc(OCCCCCCCCCCCCCCCCCCCCCC)cc2)cc1.O=C(c1ccc(O)cc1)c1ccc(O)cc1. The van der Waals surface area contributed by atoms with Gasteiger partial charge in [-0.25, -0.2) is 0 Å². The van der Waals surface area contributed by atoms with E-state index < -0.39 is 0 Å². The van der Waals surface area contributed by atoms with Crippen molar-refractivity contribution in [1.82, 2.24) is 0 Å². The number of carbonyl (C=O) groups is 2. The van der Waals surface area contributed by atoms with Gasteiger partial charge in [-0.15, -0.1) is 0 Å². The molecule has 0 atom stereocenters. The number of phenols is 2. The monoisotopic (exact) mass is 1040 g/mol. The van der Waals surface area contributed by atoms with Gasteiger partial charge in [-0.2, -0.15) is 0 Å². The van der Waals surface area contributed by atoms with Gasteiger partial charge in [0.25, 0.3) is 0 Å². The lowest BCUT2D eigenvalue weighted by molar-refractivity contribution is 0.103. The second-order valence-corrected chi connectivity index (χ2v) is 21.9. The maximum absolute atomic E-state index is 13.1. The molecule has 76 heavy (non-hydrogen) atoms. The highest BCUT2D eigenvalue weighted by molar-refractivity contribution is 6.09. The molecule has 4 rings (SSSR count). The average Bonchev–Trinajstić information content (AvgIpc) is 3.44. The van der Waals surface area contributed by atoms with E-state index in [1.807, 2.05) is 48.5 Å². The molecule has 0 aliphatic heterocycles. The molecule has 4 aromatic carbocycles. The summed E-state index contributed by atoms with van der Waals surface area (Å²) in [6, 6.07) is 27.4. The number of carbonyl (C=O) groups excluding carboxylic acids is 2. The minimum absolute atomic E-state index is 0.0382. The van der Waals surface area contributed by atoms with Crippen molar-refractivity contribution in [2.24, 2.45) is 0 Å². The van der Waals surface area contributed by atoms with Crippen molar-refractivity contribution in [3.63, 3.8) is 0 Å². The van der Waals surface area contributed by atoms with Crippen LogP contribution in [0.15, 0.2) is 97.1 Å². The van der Waals surface area contributed by atoms with Crippen LogP contribution < -0.4 is 9.47 Å². The Labute approximate surface area is 465 Å². The number of ether oxygens (including phenoxy) is 2. The van der Waals surface area contributed by atoms with Crippen LogP contribution >= 0.6 is 0 Å². The van der Waals surface area contributed by atoms with E-state index in [0.717, 1.165) is 37.6 Å². The Kier molecular flexibility index (Phi) is 40.2. The number of hydrogen-bond acceptors (Lipinski definition) is 6. The van der Waals surface area contributed by atoms with Gasteiger partial charge in [0.05, 0.1) is 13.2 Å². The molecule has 0 spiro atoms. The summed E-state index contributed by atoms with van der Waals surface area (Å²) in [5.74, 6) is 1.84. The Balaban J connectivity index is 0.000000799. The summed E-state index contributed by atoms with van der Waals surface area (Å²) < 4.78 is 12.0. The molecule has 0 amide bonds.